The number of hydrogen-bond donors (Lipinski definition) is 1. The van der Waals surface area contributed by atoms with E-state index in [0.29, 0.717) is 10.9 Å². The molecule has 5 heteroatoms. The van der Waals surface area contributed by atoms with Gasteiger partial charge in [0, 0.05) is 35.2 Å². The maximum atomic E-state index is 11.5. The summed E-state index contributed by atoms with van der Waals surface area (Å²) in [4.78, 5) is 20.1. The Kier molecular flexibility index (Phi) is 3.31. The fourth-order valence-corrected chi connectivity index (χ4v) is 2.78. The molecule has 0 fully saturated rings. The molecular weight excluding hydrogens is 302 g/mol. The van der Waals surface area contributed by atoms with E-state index in [9.17, 15) is 9.90 Å². The van der Waals surface area contributed by atoms with E-state index in [2.05, 4.69) is 9.97 Å². The Morgan fingerprint density at radius 2 is 1.79 bits per heavy atom. The first-order valence-corrected chi connectivity index (χ1v) is 7.45. The van der Waals surface area contributed by atoms with Crippen LogP contribution in [0.3, 0.4) is 0 Å². The van der Waals surface area contributed by atoms with E-state index in [0.717, 1.165) is 17.1 Å². The highest BCUT2D eigenvalue weighted by Gasteiger charge is 2.12. The molecule has 4 aromatic rings. The fourth-order valence-electron chi connectivity index (χ4n) is 2.78. The lowest BCUT2D eigenvalue weighted by atomic mass is 10.1. The monoisotopic (exact) mass is 315 g/mol. The SMILES string of the molecule is O=C(O)c1ccnc2ccc(-n3ccnc3-c3ccccc3)cc12. The van der Waals surface area contributed by atoms with Crippen LogP contribution in [0.4, 0.5) is 0 Å². The third-order valence-electron chi connectivity index (χ3n) is 3.91. The number of nitrogens with zero attached hydrogens (tertiary/aromatic N) is 3. The average Bonchev–Trinajstić information content (AvgIpc) is 3.11. The van der Waals surface area contributed by atoms with Crippen molar-refractivity contribution in [2.75, 3.05) is 0 Å². The summed E-state index contributed by atoms with van der Waals surface area (Å²) in [6, 6.07) is 16.9. The standard InChI is InChI=1S/C19H13N3O2/c23-19(24)15-8-9-20-17-7-6-14(12-16(15)17)22-11-10-21-18(22)13-4-2-1-3-5-13/h1-12H,(H,23,24). The number of benzene rings is 2. The van der Waals surface area contributed by atoms with Crippen LogP contribution in [0.2, 0.25) is 0 Å². The van der Waals surface area contributed by atoms with Gasteiger partial charge in [0.2, 0.25) is 0 Å². The largest absolute Gasteiger partial charge is 0.478 e. The first-order chi connectivity index (χ1) is 11.7. The summed E-state index contributed by atoms with van der Waals surface area (Å²) >= 11 is 0. The fraction of sp³-hybridized carbons (Fsp3) is 0. The van der Waals surface area contributed by atoms with E-state index in [1.165, 1.54) is 12.3 Å². The van der Waals surface area contributed by atoms with Crippen LogP contribution in [-0.2, 0) is 0 Å². The van der Waals surface area contributed by atoms with Gasteiger partial charge in [0.1, 0.15) is 5.82 Å². The second-order valence-corrected chi connectivity index (χ2v) is 5.35. The number of carboxylic acids is 1. The third kappa shape index (κ3) is 2.32. The molecule has 2 aromatic heterocycles. The van der Waals surface area contributed by atoms with Gasteiger partial charge in [-0.25, -0.2) is 9.78 Å². The second kappa shape index (κ2) is 5.62. The van der Waals surface area contributed by atoms with Gasteiger partial charge in [-0.2, -0.15) is 0 Å². The molecule has 5 nitrogen and oxygen atoms in total. The predicted molar refractivity (Wildman–Crippen MR) is 91.3 cm³/mol. The molecule has 0 spiro atoms. The molecule has 0 unspecified atom stereocenters. The Balaban J connectivity index is 1.91. The van der Waals surface area contributed by atoms with Crippen molar-refractivity contribution in [3.05, 3.63) is 78.8 Å². The Morgan fingerprint density at radius 3 is 2.58 bits per heavy atom. The van der Waals surface area contributed by atoms with Crippen molar-refractivity contribution < 1.29 is 9.90 Å². The first kappa shape index (κ1) is 14.1. The normalized spacial score (nSPS) is 10.8. The van der Waals surface area contributed by atoms with E-state index >= 15 is 0 Å². The topological polar surface area (TPSA) is 68.0 Å². The molecule has 0 aliphatic carbocycles. The summed E-state index contributed by atoms with van der Waals surface area (Å²) in [6.45, 7) is 0. The maximum Gasteiger partial charge on any atom is 0.336 e. The Labute approximate surface area is 137 Å². The Bertz CT molecular complexity index is 1040. The van der Waals surface area contributed by atoms with Crippen LogP contribution in [0.15, 0.2) is 73.2 Å². The minimum atomic E-state index is -0.964. The van der Waals surface area contributed by atoms with Gasteiger partial charge in [-0.05, 0) is 24.3 Å². The quantitative estimate of drug-likeness (QED) is 0.624. The molecule has 2 aromatic carbocycles. The van der Waals surface area contributed by atoms with Crippen molar-refractivity contribution in [3.8, 4) is 17.1 Å². The van der Waals surface area contributed by atoms with Gasteiger partial charge in [0.15, 0.2) is 0 Å². The van der Waals surface area contributed by atoms with Crippen LogP contribution in [0.25, 0.3) is 28.0 Å². The van der Waals surface area contributed by atoms with E-state index in [1.54, 1.807) is 6.20 Å². The molecule has 0 radical (unpaired) electrons. The van der Waals surface area contributed by atoms with Gasteiger partial charge in [-0.1, -0.05) is 30.3 Å². The summed E-state index contributed by atoms with van der Waals surface area (Å²) in [6.07, 6.45) is 5.10. The lowest BCUT2D eigenvalue weighted by Gasteiger charge is -2.10. The van der Waals surface area contributed by atoms with Crippen LogP contribution in [0.1, 0.15) is 10.4 Å². The number of carboxylic acid groups (broad SMARTS) is 1. The van der Waals surface area contributed by atoms with Gasteiger partial charge >= 0.3 is 5.97 Å². The molecule has 4 rings (SSSR count). The number of rotatable bonds is 3. The van der Waals surface area contributed by atoms with Crippen LogP contribution >= 0.6 is 0 Å². The van der Waals surface area contributed by atoms with E-state index in [-0.39, 0.29) is 5.56 Å². The second-order valence-electron chi connectivity index (χ2n) is 5.35. The molecular formula is C19H13N3O2. The number of imidazole rings is 1. The van der Waals surface area contributed by atoms with Crippen LogP contribution in [0.5, 0.6) is 0 Å². The van der Waals surface area contributed by atoms with Crippen molar-refractivity contribution >= 4 is 16.9 Å². The molecule has 0 saturated carbocycles. The van der Waals surface area contributed by atoms with Crippen molar-refractivity contribution in [2.45, 2.75) is 0 Å². The summed E-state index contributed by atoms with van der Waals surface area (Å²) in [5.74, 6) is -0.163. The van der Waals surface area contributed by atoms with Gasteiger partial charge in [0.05, 0.1) is 11.1 Å². The van der Waals surface area contributed by atoms with Crippen LogP contribution < -0.4 is 0 Å². The number of aromatic carboxylic acids is 1. The summed E-state index contributed by atoms with van der Waals surface area (Å²) in [5.41, 5.74) is 2.73. The molecule has 0 aliphatic heterocycles. The molecule has 0 amide bonds. The lowest BCUT2D eigenvalue weighted by Crippen LogP contribution is -2.00. The molecule has 0 aliphatic rings. The van der Waals surface area contributed by atoms with Crippen LogP contribution in [0, 0.1) is 0 Å². The summed E-state index contributed by atoms with van der Waals surface area (Å²) in [7, 11) is 0. The molecule has 24 heavy (non-hydrogen) atoms. The number of fused-ring (bicyclic) bond motifs is 1. The highest BCUT2D eigenvalue weighted by molar-refractivity contribution is 6.02. The molecule has 0 atom stereocenters. The first-order valence-electron chi connectivity index (χ1n) is 7.45. The molecule has 0 bridgehead atoms. The average molecular weight is 315 g/mol. The van der Waals surface area contributed by atoms with Gasteiger partial charge in [-0.3, -0.25) is 9.55 Å². The van der Waals surface area contributed by atoms with Gasteiger partial charge < -0.3 is 5.11 Å². The van der Waals surface area contributed by atoms with Crippen molar-refractivity contribution in [1.29, 1.82) is 0 Å². The van der Waals surface area contributed by atoms with Crippen molar-refractivity contribution in [3.63, 3.8) is 0 Å². The smallest absolute Gasteiger partial charge is 0.336 e. The molecule has 2 heterocycles. The lowest BCUT2D eigenvalue weighted by molar-refractivity contribution is 0.0699. The zero-order valence-electron chi connectivity index (χ0n) is 12.6. The van der Waals surface area contributed by atoms with Crippen molar-refractivity contribution in [1.82, 2.24) is 14.5 Å². The Hall–Kier alpha value is -3.47. The zero-order chi connectivity index (χ0) is 16.5. The van der Waals surface area contributed by atoms with E-state index in [4.69, 9.17) is 0 Å². The highest BCUT2D eigenvalue weighted by atomic mass is 16.4. The summed E-state index contributed by atoms with van der Waals surface area (Å²) in [5, 5.41) is 10.00. The van der Waals surface area contributed by atoms with Crippen LogP contribution in [-0.4, -0.2) is 25.6 Å². The minimum Gasteiger partial charge on any atom is -0.478 e. The maximum absolute atomic E-state index is 11.5. The molecule has 0 saturated heterocycles. The summed E-state index contributed by atoms with van der Waals surface area (Å²) < 4.78 is 1.94. The Morgan fingerprint density at radius 1 is 0.958 bits per heavy atom. The minimum absolute atomic E-state index is 0.239. The van der Waals surface area contributed by atoms with E-state index < -0.39 is 5.97 Å². The van der Waals surface area contributed by atoms with Gasteiger partial charge in [-0.15, -0.1) is 0 Å². The molecule has 116 valence electrons. The number of pyridine rings is 1. The number of hydrogen-bond acceptors (Lipinski definition) is 3. The number of aromatic nitrogens is 3. The molecule has 1 N–H and O–H groups in total. The van der Waals surface area contributed by atoms with E-state index in [1.807, 2.05) is 59.3 Å². The third-order valence-corrected chi connectivity index (χ3v) is 3.91. The predicted octanol–water partition coefficient (Wildman–Crippen LogP) is 3.79. The van der Waals surface area contributed by atoms with Crippen molar-refractivity contribution in [2.24, 2.45) is 0 Å². The highest BCUT2D eigenvalue weighted by Crippen LogP contribution is 2.25. The number of carbonyl (C=O) groups is 1. The zero-order valence-corrected chi connectivity index (χ0v) is 12.6. The van der Waals surface area contributed by atoms with Gasteiger partial charge in [0.25, 0.3) is 0 Å².